The molecule has 0 aliphatic rings. The van der Waals surface area contributed by atoms with Crippen LogP contribution < -0.4 is 5.32 Å². The number of nitrogens with zero attached hydrogens (tertiary/aromatic N) is 3. The van der Waals surface area contributed by atoms with Gasteiger partial charge in [-0.15, -0.1) is 11.3 Å². The van der Waals surface area contributed by atoms with Crippen LogP contribution in [0.5, 0.6) is 0 Å². The molecule has 86 valence electrons. The van der Waals surface area contributed by atoms with Crippen molar-refractivity contribution in [2.75, 3.05) is 0 Å². The van der Waals surface area contributed by atoms with Gasteiger partial charge in [0.2, 0.25) is 0 Å². The lowest BCUT2D eigenvalue weighted by atomic mass is 10.3. The maximum absolute atomic E-state index is 4.37. The predicted molar refractivity (Wildman–Crippen MR) is 65.3 cm³/mol. The van der Waals surface area contributed by atoms with Gasteiger partial charge in [0.05, 0.1) is 11.7 Å². The summed E-state index contributed by atoms with van der Waals surface area (Å²) >= 11 is 1.74. The Morgan fingerprint density at radius 1 is 1.56 bits per heavy atom. The summed E-state index contributed by atoms with van der Waals surface area (Å²) in [7, 11) is 1.95. The molecule has 1 N–H and O–H groups in total. The molecule has 0 fully saturated rings. The van der Waals surface area contributed by atoms with Crippen LogP contribution in [0.25, 0.3) is 0 Å². The number of aromatic nitrogens is 3. The lowest BCUT2D eigenvalue weighted by molar-refractivity contribution is 0.546. The zero-order valence-electron chi connectivity index (χ0n) is 9.77. The van der Waals surface area contributed by atoms with Crippen LogP contribution in [0.15, 0.2) is 18.5 Å². The molecule has 16 heavy (non-hydrogen) atoms. The Morgan fingerprint density at radius 3 is 2.94 bits per heavy atom. The van der Waals surface area contributed by atoms with E-state index >= 15 is 0 Å². The molecule has 2 aromatic rings. The summed E-state index contributed by atoms with van der Waals surface area (Å²) < 4.78 is 1.88. The molecule has 1 unspecified atom stereocenters. The van der Waals surface area contributed by atoms with Crippen LogP contribution in [0.4, 0.5) is 0 Å². The molecule has 4 nitrogen and oxygen atoms in total. The predicted octanol–water partition coefficient (Wildman–Crippen LogP) is 2.04. The zero-order valence-corrected chi connectivity index (χ0v) is 10.6. The maximum atomic E-state index is 4.37. The Balaban J connectivity index is 1.93. The monoisotopic (exact) mass is 236 g/mol. The first-order valence-electron chi connectivity index (χ1n) is 5.29. The van der Waals surface area contributed by atoms with Gasteiger partial charge in [-0.1, -0.05) is 0 Å². The molecule has 0 spiro atoms. The van der Waals surface area contributed by atoms with E-state index in [4.69, 9.17) is 0 Å². The Hall–Kier alpha value is -1.20. The summed E-state index contributed by atoms with van der Waals surface area (Å²) in [5, 5.41) is 8.72. The molecular weight excluding hydrogens is 220 g/mol. The van der Waals surface area contributed by atoms with Crippen molar-refractivity contribution >= 4 is 11.3 Å². The largest absolute Gasteiger partial charge is 0.302 e. The van der Waals surface area contributed by atoms with Crippen LogP contribution in [0, 0.1) is 6.92 Å². The zero-order chi connectivity index (χ0) is 11.5. The van der Waals surface area contributed by atoms with Crippen molar-refractivity contribution in [3.8, 4) is 0 Å². The van der Waals surface area contributed by atoms with Gasteiger partial charge in [-0.3, -0.25) is 4.68 Å². The fourth-order valence-corrected chi connectivity index (χ4v) is 2.29. The third kappa shape index (κ3) is 2.48. The van der Waals surface area contributed by atoms with Crippen LogP contribution in [0.3, 0.4) is 0 Å². The topological polar surface area (TPSA) is 42.7 Å². The van der Waals surface area contributed by atoms with Crippen molar-refractivity contribution < 1.29 is 0 Å². The average molecular weight is 236 g/mol. The number of aryl methyl sites for hydroxylation is 2. The number of rotatable bonds is 4. The second-order valence-corrected chi connectivity index (χ2v) is 5.12. The summed E-state index contributed by atoms with van der Waals surface area (Å²) in [5.74, 6) is 0. The molecular formula is C11H16N4S. The summed E-state index contributed by atoms with van der Waals surface area (Å²) in [4.78, 5) is 5.63. The molecule has 2 heterocycles. The number of hydrogen-bond acceptors (Lipinski definition) is 4. The van der Waals surface area contributed by atoms with E-state index in [9.17, 15) is 0 Å². The van der Waals surface area contributed by atoms with Crippen molar-refractivity contribution in [2.24, 2.45) is 7.05 Å². The first-order chi connectivity index (χ1) is 7.66. The van der Waals surface area contributed by atoms with E-state index in [1.807, 2.05) is 30.2 Å². The molecule has 5 heteroatoms. The lowest BCUT2D eigenvalue weighted by Crippen LogP contribution is -2.19. The van der Waals surface area contributed by atoms with Gasteiger partial charge in [-0.25, -0.2) is 4.98 Å². The third-order valence-electron chi connectivity index (χ3n) is 2.52. The fraction of sp³-hybridized carbons (Fsp3) is 0.455. The second kappa shape index (κ2) is 4.76. The minimum atomic E-state index is 0.286. The van der Waals surface area contributed by atoms with E-state index in [1.165, 1.54) is 10.6 Å². The van der Waals surface area contributed by atoms with Gasteiger partial charge in [0.25, 0.3) is 0 Å². The van der Waals surface area contributed by atoms with Gasteiger partial charge in [0.1, 0.15) is 5.01 Å². The third-order valence-corrected chi connectivity index (χ3v) is 3.62. The Morgan fingerprint density at radius 2 is 2.38 bits per heavy atom. The van der Waals surface area contributed by atoms with Gasteiger partial charge in [-0.05, 0) is 19.9 Å². The maximum Gasteiger partial charge on any atom is 0.109 e. The summed E-state index contributed by atoms with van der Waals surface area (Å²) in [5.41, 5.74) is 1.18. The molecule has 0 saturated carbocycles. The Bertz CT molecular complexity index is 460. The Kier molecular flexibility index (Phi) is 3.36. The van der Waals surface area contributed by atoms with Crippen LogP contribution in [0.1, 0.15) is 28.5 Å². The number of nitrogens with one attached hydrogen (secondary N) is 1. The van der Waals surface area contributed by atoms with Crippen molar-refractivity contribution in [3.05, 3.63) is 34.0 Å². The van der Waals surface area contributed by atoms with E-state index in [0.29, 0.717) is 0 Å². The van der Waals surface area contributed by atoms with Gasteiger partial charge < -0.3 is 5.32 Å². The molecule has 0 bridgehead atoms. The lowest BCUT2D eigenvalue weighted by Gasteiger charge is -2.10. The highest BCUT2D eigenvalue weighted by Gasteiger charge is 2.09. The fourth-order valence-electron chi connectivity index (χ4n) is 1.49. The molecule has 0 radical (unpaired) electrons. The molecule has 0 aliphatic carbocycles. The quantitative estimate of drug-likeness (QED) is 0.883. The van der Waals surface area contributed by atoms with E-state index in [-0.39, 0.29) is 6.04 Å². The molecule has 2 aromatic heterocycles. The van der Waals surface area contributed by atoms with Crippen molar-refractivity contribution in [3.63, 3.8) is 0 Å². The van der Waals surface area contributed by atoms with E-state index in [0.717, 1.165) is 11.6 Å². The van der Waals surface area contributed by atoms with E-state index in [1.54, 1.807) is 11.3 Å². The second-order valence-electron chi connectivity index (χ2n) is 3.86. The normalized spacial score (nSPS) is 12.9. The molecule has 0 saturated heterocycles. The van der Waals surface area contributed by atoms with E-state index < -0.39 is 0 Å². The molecule has 2 rings (SSSR count). The summed E-state index contributed by atoms with van der Waals surface area (Å²) in [6.07, 6.45) is 3.73. The van der Waals surface area contributed by atoms with Gasteiger partial charge in [-0.2, -0.15) is 5.10 Å². The first kappa shape index (κ1) is 11.3. The minimum absolute atomic E-state index is 0.286. The van der Waals surface area contributed by atoms with E-state index in [2.05, 4.69) is 29.2 Å². The number of thiazole rings is 1. The van der Waals surface area contributed by atoms with Gasteiger partial charge in [0, 0.05) is 30.9 Å². The number of hydrogen-bond donors (Lipinski definition) is 1. The smallest absolute Gasteiger partial charge is 0.109 e. The standard InChI is InChI=1S/C11H16N4S/c1-8-6-13-11(16-8)9(2)12-7-10-4-5-14-15(10)3/h4-6,9,12H,7H2,1-3H3. The average Bonchev–Trinajstić information content (AvgIpc) is 2.84. The van der Waals surface area contributed by atoms with Crippen LogP contribution in [-0.4, -0.2) is 14.8 Å². The first-order valence-corrected chi connectivity index (χ1v) is 6.11. The van der Waals surface area contributed by atoms with Gasteiger partial charge in [0.15, 0.2) is 0 Å². The Labute approximate surface area is 99.3 Å². The highest BCUT2D eigenvalue weighted by molar-refractivity contribution is 7.11. The van der Waals surface area contributed by atoms with Crippen molar-refractivity contribution in [1.29, 1.82) is 0 Å². The molecule has 1 atom stereocenters. The van der Waals surface area contributed by atoms with Crippen LogP contribution in [-0.2, 0) is 13.6 Å². The SMILES string of the molecule is Cc1cnc(C(C)NCc2ccnn2C)s1. The van der Waals surface area contributed by atoms with Crippen molar-refractivity contribution in [1.82, 2.24) is 20.1 Å². The highest BCUT2D eigenvalue weighted by Crippen LogP contribution is 2.19. The molecule has 0 amide bonds. The highest BCUT2D eigenvalue weighted by atomic mass is 32.1. The van der Waals surface area contributed by atoms with Crippen LogP contribution in [0.2, 0.25) is 0 Å². The minimum Gasteiger partial charge on any atom is -0.302 e. The van der Waals surface area contributed by atoms with Crippen LogP contribution >= 0.6 is 11.3 Å². The van der Waals surface area contributed by atoms with Gasteiger partial charge >= 0.3 is 0 Å². The molecule has 0 aromatic carbocycles. The summed E-state index contributed by atoms with van der Waals surface area (Å²) in [6, 6.07) is 2.31. The van der Waals surface area contributed by atoms with Crippen molar-refractivity contribution in [2.45, 2.75) is 26.4 Å². The summed E-state index contributed by atoms with van der Waals surface area (Å²) in [6.45, 7) is 5.03. The molecule has 0 aliphatic heterocycles.